The Labute approximate surface area is 161 Å². The molecule has 5 heteroatoms. The Kier molecular flexibility index (Phi) is 6.54. The molecule has 27 heavy (non-hydrogen) atoms. The van der Waals surface area contributed by atoms with Crippen LogP contribution < -0.4 is 10.6 Å². The zero-order valence-electron chi connectivity index (χ0n) is 16.1. The summed E-state index contributed by atoms with van der Waals surface area (Å²) in [6.07, 6.45) is 8.61. The molecule has 1 saturated carbocycles. The Morgan fingerprint density at radius 2 is 1.74 bits per heavy atom. The van der Waals surface area contributed by atoms with Gasteiger partial charge in [-0.25, -0.2) is 4.79 Å². The predicted molar refractivity (Wildman–Crippen MR) is 105 cm³/mol. The minimum absolute atomic E-state index is 0.0358. The maximum Gasteiger partial charge on any atom is 0.319 e. The maximum atomic E-state index is 13.0. The molecule has 2 amide bonds. The van der Waals surface area contributed by atoms with Crippen LogP contribution in [0.3, 0.4) is 0 Å². The van der Waals surface area contributed by atoms with Crippen molar-refractivity contribution in [1.29, 1.82) is 0 Å². The Morgan fingerprint density at radius 3 is 2.37 bits per heavy atom. The Balaban J connectivity index is 1.76. The third-order valence-electron chi connectivity index (χ3n) is 5.61. The van der Waals surface area contributed by atoms with Gasteiger partial charge in [0, 0.05) is 5.70 Å². The number of hydrogen-bond acceptors (Lipinski definition) is 3. The highest BCUT2D eigenvalue weighted by molar-refractivity contribution is 5.85. The molecule has 0 aromatic heterocycles. The molecule has 0 radical (unpaired) electrons. The van der Waals surface area contributed by atoms with Crippen LogP contribution in [-0.4, -0.2) is 18.1 Å². The molecule has 2 unspecified atom stereocenters. The van der Waals surface area contributed by atoms with Crippen LogP contribution in [0, 0.1) is 5.92 Å². The number of hydrogen-bond donors (Lipinski definition) is 2. The quantitative estimate of drug-likeness (QED) is 0.773. The van der Waals surface area contributed by atoms with Gasteiger partial charge in [-0.15, -0.1) is 0 Å². The molecule has 1 aliphatic carbocycles. The summed E-state index contributed by atoms with van der Waals surface area (Å²) >= 11 is 0. The van der Waals surface area contributed by atoms with E-state index in [1.807, 2.05) is 24.3 Å². The van der Waals surface area contributed by atoms with Gasteiger partial charge >= 0.3 is 12.0 Å². The minimum atomic E-state index is -0.624. The van der Waals surface area contributed by atoms with Gasteiger partial charge in [0.15, 0.2) is 0 Å². The van der Waals surface area contributed by atoms with Gasteiger partial charge in [-0.2, -0.15) is 0 Å². The predicted octanol–water partition coefficient (Wildman–Crippen LogP) is 4.39. The van der Waals surface area contributed by atoms with E-state index >= 15 is 0 Å². The number of benzene rings is 1. The van der Waals surface area contributed by atoms with Crippen LogP contribution in [0.15, 0.2) is 36.5 Å². The third-order valence-corrected chi connectivity index (χ3v) is 5.61. The largest absolute Gasteiger partial charge is 0.462 e. The molecule has 0 bridgehead atoms. The zero-order chi connectivity index (χ0) is 19.2. The van der Waals surface area contributed by atoms with Crippen molar-refractivity contribution < 1.29 is 14.3 Å². The number of ether oxygens (including phenoxy) is 1. The highest BCUT2D eigenvalue weighted by Crippen LogP contribution is 2.32. The monoisotopic (exact) mass is 370 g/mol. The number of aryl methyl sites for hydroxylation is 1. The van der Waals surface area contributed by atoms with E-state index in [4.69, 9.17) is 4.74 Å². The highest BCUT2D eigenvalue weighted by Gasteiger charge is 2.39. The Morgan fingerprint density at radius 1 is 1.11 bits per heavy atom. The van der Waals surface area contributed by atoms with E-state index in [0.717, 1.165) is 37.7 Å². The lowest BCUT2D eigenvalue weighted by Crippen LogP contribution is -2.51. The molecule has 1 aromatic rings. The first-order chi connectivity index (χ1) is 13.1. The first-order valence-electron chi connectivity index (χ1n) is 10.1. The number of esters is 1. The van der Waals surface area contributed by atoms with Crippen LogP contribution in [0.2, 0.25) is 0 Å². The van der Waals surface area contributed by atoms with Crippen LogP contribution in [0.1, 0.15) is 69.0 Å². The number of urea groups is 1. The molecule has 5 nitrogen and oxygen atoms in total. The highest BCUT2D eigenvalue weighted by atomic mass is 16.5. The summed E-state index contributed by atoms with van der Waals surface area (Å²) in [5.74, 6) is -0.928. The van der Waals surface area contributed by atoms with Gasteiger partial charge in [0.2, 0.25) is 0 Å². The lowest BCUT2D eigenvalue weighted by Gasteiger charge is -2.34. The SMILES string of the molecule is C=C1NC(=O)NC(c2ccc(CC)cc2)C1C(=O)OC1CCCCCCC1. The summed E-state index contributed by atoms with van der Waals surface area (Å²) in [5.41, 5.74) is 2.51. The second kappa shape index (κ2) is 9.07. The summed E-state index contributed by atoms with van der Waals surface area (Å²) in [6, 6.07) is 7.21. The van der Waals surface area contributed by atoms with Gasteiger partial charge in [0.25, 0.3) is 0 Å². The Bertz CT molecular complexity index is 675. The van der Waals surface area contributed by atoms with Crippen LogP contribution >= 0.6 is 0 Å². The summed E-state index contributed by atoms with van der Waals surface area (Å²) < 4.78 is 5.88. The van der Waals surface area contributed by atoms with Crippen molar-refractivity contribution in [2.45, 2.75) is 70.4 Å². The molecule has 1 aliphatic heterocycles. The average Bonchev–Trinajstić information content (AvgIpc) is 2.63. The van der Waals surface area contributed by atoms with Gasteiger partial charge in [-0.3, -0.25) is 4.79 Å². The number of carbonyl (C=O) groups excluding carboxylic acids is 2. The average molecular weight is 370 g/mol. The van der Waals surface area contributed by atoms with E-state index in [9.17, 15) is 9.59 Å². The summed E-state index contributed by atoms with van der Waals surface area (Å²) in [7, 11) is 0. The molecule has 1 aromatic carbocycles. The van der Waals surface area contributed by atoms with Crippen LogP contribution in [0.25, 0.3) is 0 Å². The van der Waals surface area contributed by atoms with Gasteiger partial charge in [0.05, 0.1) is 6.04 Å². The van der Waals surface area contributed by atoms with Crippen LogP contribution in [0.5, 0.6) is 0 Å². The fourth-order valence-corrected chi connectivity index (χ4v) is 3.97. The van der Waals surface area contributed by atoms with Crippen molar-refractivity contribution in [2.75, 3.05) is 0 Å². The Hall–Kier alpha value is -2.30. The number of nitrogens with one attached hydrogen (secondary N) is 2. The van der Waals surface area contributed by atoms with Gasteiger partial charge in [-0.05, 0) is 43.2 Å². The fourth-order valence-electron chi connectivity index (χ4n) is 3.97. The van der Waals surface area contributed by atoms with E-state index in [2.05, 4.69) is 24.1 Å². The van der Waals surface area contributed by atoms with E-state index in [1.54, 1.807) is 0 Å². The van der Waals surface area contributed by atoms with Crippen molar-refractivity contribution in [1.82, 2.24) is 10.6 Å². The summed E-state index contributed by atoms with van der Waals surface area (Å²) in [5, 5.41) is 5.53. The summed E-state index contributed by atoms with van der Waals surface area (Å²) in [6.45, 7) is 6.03. The molecular formula is C22H30N2O3. The first-order valence-corrected chi connectivity index (χ1v) is 10.1. The molecule has 2 atom stereocenters. The standard InChI is InChI=1S/C22H30N2O3/c1-3-16-11-13-17(14-12-16)20-19(15(2)23-22(26)24-20)21(25)27-18-9-7-5-4-6-8-10-18/h11-14,18-20H,2-10H2,1H3,(H2,23,24,26). The lowest BCUT2D eigenvalue weighted by molar-refractivity contribution is -0.155. The zero-order valence-corrected chi connectivity index (χ0v) is 16.1. The molecular weight excluding hydrogens is 340 g/mol. The maximum absolute atomic E-state index is 13.0. The number of amides is 2. The van der Waals surface area contributed by atoms with E-state index in [-0.39, 0.29) is 18.1 Å². The molecule has 3 rings (SSSR count). The molecule has 0 spiro atoms. The van der Waals surface area contributed by atoms with Gasteiger partial charge in [0.1, 0.15) is 12.0 Å². The molecule has 2 fully saturated rings. The smallest absolute Gasteiger partial charge is 0.319 e. The third kappa shape index (κ3) is 4.90. The lowest BCUT2D eigenvalue weighted by atomic mass is 9.88. The van der Waals surface area contributed by atoms with E-state index in [0.29, 0.717) is 5.70 Å². The van der Waals surface area contributed by atoms with E-state index in [1.165, 1.54) is 24.8 Å². The molecule has 1 saturated heterocycles. The van der Waals surface area contributed by atoms with Gasteiger partial charge in [-0.1, -0.05) is 57.0 Å². The normalized spacial score (nSPS) is 24.3. The van der Waals surface area contributed by atoms with E-state index < -0.39 is 12.0 Å². The number of rotatable bonds is 4. The molecule has 1 heterocycles. The van der Waals surface area contributed by atoms with Crippen molar-refractivity contribution in [3.8, 4) is 0 Å². The van der Waals surface area contributed by atoms with Crippen molar-refractivity contribution in [2.24, 2.45) is 5.92 Å². The second-order valence-electron chi connectivity index (χ2n) is 7.58. The van der Waals surface area contributed by atoms with Gasteiger partial charge < -0.3 is 15.4 Å². The van der Waals surface area contributed by atoms with Crippen molar-refractivity contribution in [3.63, 3.8) is 0 Å². The van der Waals surface area contributed by atoms with Crippen LogP contribution in [0.4, 0.5) is 4.79 Å². The summed E-state index contributed by atoms with van der Waals surface area (Å²) in [4.78, 5) is 25.0. The number of carbonyl (C=O) groups is 2. The van der Waals surface area contributed by atoms with Crippen molar-refractivity contribution >= 4 is 12.0 Å². The minimum Gasteiger partial charge on any atom is -0.462 e. The molecule has 2 N–H and O–H groups in total. The fraction of sp³-hybridized carbons (Fsp3) is 0.545. The first kappa shape index (κ1) is 19.5. The molecule has 2 aliphatic rings. The molecule has 146 valence electrons. The topological polar surface area (TPSA) is 67.4 Å². The van der Waals surface area contributed by atoms with Crippen molar-refractivity contribution in [3.05, 3.63) is 47.7 Å². The van der Waals surface area contributed by atoms with Crippen LogP contribution in [-0.2, 0) is 16.0 Å². The second-order valence-corrected chi connectivity index (χ2v) is 7.58.